The second-order valence-corrected chi connectivity index (χ2v) is 6.22. The Kier molecular flexibility index (Phi) is 3.51. The van der Waals surface area contributed by atoms with Crippen LogP contribution in [-0.2, 0) is 0 Å². The lowest BCUT2D eigenvalue weighted by Crippen LogP contribution is -2.41. The Morgan fingerprint density at radius 1 is 1.29 bits per heavy atom. The molecule has 1 aliphatic heterocycles. The second-order valence-electron chi connectivity index (χ2n) is 6.22. The molecule has 4 rings (SSSR count). The van der Waals surface area contributed by atoms with Crippen LogP contribution in [0.15, 0.2) is 24.5 Å². The standard InChI is InChI=1S/C16H19N7O/c1-11-9-12(2)23-16(18-11)19-14(20-23)15(24)21-7-3-5-13(10-21)22-8-4-6-17-22/h4,6,8-9,13H,3,5,7,10H2,1-2H3/t13-/m1/s1. The largest absolute Gasteiger partial charge is 0.334 e. The molecule has 1 aliphatic rings. The van der Waals surface area contributed by atoms with E-state index in [4.69, 9.17) is 0 Å². The third-order valence-electron chi connectivity index (χ3n) is 4.39. The molecule has 0 aromatic carbocycles. The number of carbonyl (C=O) groups is 1. The van der Waals surface area contributed by atoms with Gasteiger partial charge in [-0.25, -0.2) is 9.50 Å². The summed E-state index contributed by atoms with van der Waals surface area (Å²) in [4.78, 5) is 23.3. The van der Waals surface area contributed by atoms with Crippen molar-refractivity contribution in [2.75, 3.05) is 13.1 Å². The molecule has 0 bridgehead atoms. The Morgan fingerprint density at radius 2 is 2.17 bits per heavy atom. The van der Waals surface area contributed by atoms with Crippen LogP contribution in [-0.4, -0.2) is 53.3 Å². The first-order valence-electron chi connectivity index (χ1n) is 8.11. The molecule has 24 heavy (non-hydrogen) atoms. The maximum absolute atomic E-state index is 12.8. The number of aromatic nitrogens is 6. The van der Waals surface area contributed by atoms with Crippen molar-refractivity contribution in [1.82, 2.24) is 34.3 Å². The molecule has 1 atom stereocenters. The molecule has 1 fully saturated rings. The van der Waals surface area contributed by atoms with Gasteiger partial charge in [0.05, 0.1) is 6.04 Å². The molecular formula is C16H19N7O. The first-order chi connectivity index (χ1) is 11.6. The number of piperidine rings is 1. The molecular weight excluding hydrogens is 306 g/mol. The number of rotatable bonds is 2. The number of carbonyl (C=O) groups excluding carboxylic acids is 1. The van der Waals surface area contributed by atoms with E-state index >= 15 is 0 Å². The maximum Gasteiger partial charge on any atom is 0.293 e. The minimum Gasteiger partial charge on any atom is -0.334 e. The summed E-state index contributed by atoms with van der Waals surface area (Å²) in [7, 11) is 0. The summed E-state index contributed by atoms with van der Waals surface area (Å²) in [5.74, 6) is 0.531. The normalized spacial score (nSPS) is 18.2. The number of hydrogen-bond donors (Lipinski definition) is 0. The highest BCUT2D eigenvalue weighted by atomic mass is 16.2. The lowest BCUT2D eigenvalue weighted by Gasteiger charge is -2.32. The fraction of sp³-hybridized carbons (Fsp3) is 0.438. The zero-order valence-corrected chi connectivity index (χ0v) is 13.8. The lowest BCUT2D eigenvalue weighted by atomic mass is 10.1. The molecule has 8 nitrogen and oxygen atoms in total. The van der Waals surface area contributed by atoms with Crippen molar-refractivity contribution in [3.8, 4) is 0 Å². The zero-order valence-electron chi connectivity index (χ0n) is 13.8. The van der Waals surface area contributed by atoms with Gasteiger partial charge < -0.3 is 4.90 Å². The molecule has 0 radical (unpaired) electrons. The predicted octanol–water partition coefficient (Wildman–Crippen LogP) is 1.41. The monoisotopic (exact) mass is 325 g/mol. The molecule has 1 amide bonds. The highest BCUT2D eigenvalue weighted by molar-refractivity contribution is 5.91. The SMILES string of the molecule is Cc1cc(C)n2nc(C(=O)N3CCC[C@@H](n4cccn4)C3)nc2n1. The Bertz CT molecular complexity index is 883. The number of hydrogen-bond acceptors (Lipinski definition) is 5. The number of fused-ring (bicyclic) bond motifs is 1. The van der Waals surface area contributed by atoms with Crippen LogP contribution in [0.2, 0.25) is 0 Å². The van der Waals surface area contributed by atoms with Gasteiger partial charge in [0.25, 0.3) is 11.7 Å². The van der Waals surface area contributed by atoms with Crippen LogP contribution < -0.4 is 0 Å². The van der Waals surface area contributed by atoms with E-state index in [9.17, 15) is 4.79 Å². The third-order valence-corrected chi connectivity index (χ3v) is 4.39. The van der Waals surface area contributed by atoms with E-state index in [1.807, 2.05) is 41.8 Å². The van der Waals surface area contributed by atoms with E-state index in [2.05, 4.69) is 20.2 Å². The highest BCUT2D eigenvalue weighted by Gasteiger charge is 2.28. The van der Waals surface area contributed by atoms with Crippen LogP contribution >= 0.6 is 0 Å². The van der Waals surface area contributed by atoms with Crippen LogP contribution in [0.5, 0.6) is 0 Å². The van der Waals surface area contributed by atoms with E-state index in [-0.39, 0.29) is 17.8 Å². The van der Waals surface area contributed by atoms with Crippen molar-refractivity contribution in [2.24, 2.45) is 0 Å². The van der Waals surface area contributed by atoms with Crippen LogP contribution in [0.4, 0.5) is 0 Å². The smallest absolute Gasteiger partial charge is 0.293 e. The molecule has 0 unspecified atom stereocenters. The van der Waals surface area contributed by atoms with E-state index < -0.39 is 0 Å². The summed E-state index contributed by atoms with van der Waals surface area (Å²) < 4.78 is 3.54. The van der Waals surface area contributed by atoms with Gasteiger partial charge in [-0.2, -0.15) is 10.1 Å². The van der Waals surface area contributed by atoms with Gasteiger partial charge in [0.2, 0.25) is 5.82 Å². The van der Waals surface area contributed by atoms with Crippen molar-refractivity contribution < 1.29 is 4.79 Å². The summed E-state index contributed by atoms with van der Waals surface area (Å²) in [6, 6.07) is 4.03. The van der Waals surface area contributed by atoms with Gasteiger partial charge in [0, 0.05) is 36.9 Å². The average molecular weight is 325 g/mol. The van der Waals surface area contributed by atoms with Gasteiger partial charge in [-0.05, 0) is 38.8 Å². The molecule has 0 saturated carbocycles. The molecule has 1 saturated heterocycles. The van der Waals surface area contributed by atoms with Crippen molar-refractivity contribution in [1.29, 1.82) is 0 Å². The van der Waals surface area contributed by atoms with Gasteiger partial charge in [-0.1, -0.05) is 0 Å². The summed E-state index contributed by atoms with van der Waals surface area (Å²) in [6.07, 6.45) is 5.67. The Morgan fingerprint density at radius 3 is 2.96 bits per heavy atom. The third kappa shape index (κ3) is 2.53. The van der Waals surface area contributed by atoms with E-state index in [0.717, 1.165) is 30.8 Å². The van der Waals surface area contributed by atoms with Crippen LogP contribution in [0.1, 0.15) is 40.9 Å². The molecule has 8 heteroatoms. The Hall–Kier alpha value is -2.77. The van der Waals surface area contributed by atoms with Crippen molar-refractivity contribution >= 4 is 11.7 Å². The first-order valence-corrected chi connectivity index (χ1v) is 8.11. The highest BCUT2D eigenvalue weighted by Crippen LogP contribution is 2.21. The first kappa shape index (κ1) is 14.8. The Labute approximate surface area is 139 Å². The fourth-order valence-electron chi connectivity index (χ4n) is 3.25. The Balaban J connectivity index is 1.60. The van der Waals surface area contributed by atoms with E-state index in [0.29, 0.717) is 12.3 Å². The molecule has 0 N–H and O–H groups in total. The molecule has 3 aromatic rings. The van der Waals surface area contributed by atoms with Gasteiger partial charge in [-0.3, -0.25) is 9.48 Å². The van der Waals surface area contributed by atoms with Gasteiger partial charge in [0.15, 0.2) is 0 Å². The van der Waals surface area contributed by atoms with E-state index in [1.165, 1.54) is 0 Å². The van der Waals surface area contributed by atoms with Gasteiger partial charge >= 0.3 is 0 Å². The van der Waals surface area contributed by atoms with Crippen LogP contribution in [0.3, 0.4) is 0 Å². The summed E-state index contributed by atoms with van der Waals surface area (Å²) >= 11 is 0. The summed E-state index contributed by atoms with van der Waals surface area (Å²) in [5, 5.41) is 8.64. The molecule has 0 aliphatic carbocycles. The quantitative estimate of drug-likeness (QED) is 0.712. The van der Waals surface area contributed by atoms with Crippen molar-refractivity contribution in [3.05, 3.63) is 41.7 Å². The van der Waals surface area contributed by atoms with Gasteiger partial charge in [-0.15, -0.1) is 5.10 Å². The number of nitrogens with zero attached hydrogens (tertiary/aromatic N) is 7. The fourth-order valence-corrected chi connectivity index (χ4v) is 3.25. The number of likely N-dealkylation sites (tertiary alicyclic amines) is 1. The average Bonchev–Trinajstić information content (AvgIpc) is 3.24. The van der Waals surface area contributed by atoms with Crippen LogP contribution in [0.25, 0.3) is 5.78 Å². The lowest BCUT2D eigenvalue weighted by molar-refractivity contribution is 0.0661. The van der Waals surface area contributed by atoms with Crippen LogP contribution in [0, 0.1) is 13.8 Å². The minimum atomic E-state index is -0.144. The molecule has 3 aromatic heterocycles. The molecule has 4 heterocycles. The van der Waals surface area contributed by atoms with Crippen molar-refractivity contribution in [3.63, 3.8) is 0 Å². The van der Waals surface area contributed by atoms with Gasteiger partial charge in [0.1, 0.15) is 0 Å². The predicted molar refractivity (Wildman–Crippen MR) is 86.7 cm³/mol. The molecule has 0 spiro atoms. The van der Waals surface area contributed by atoms with Crippen molar-refractivity contribution in [2.45, 2.75) is 32.7 Å². The van der Waals surface area contributed by atoms with E-state index in [1.54, 1.807) is 10.7 Å². The number of amides is 1. The molecule has 124 valence electrons. The maximum atomic E-state index is 12.8. The summed E-state index contributed by atoms with van der Waals surface area (Å²) in [6.45, 7) is 5.18. The minimum absolute atomic E-state index is 0.144. The second kappa shape index (κ2) is 5.70. The topological polar surface area (TPSA) is 81.2 Å². The number of aryl methyl sites for hydroxylation is 2. The zero-order chi connectivity index (χ0) is 16.7. The summed E-state index contributed by atoms with van der Waals surface area (Å²) in [5.41, 5.74) is 1.78.